The summed E-state index contributed by atoms with van der Waals surface area (Å²) in [6, 6.07) is 14.5. The molecule has 6 nitrogen and oxygen atoms in total. The molecule has 0 aromatic heterocycles. The van der Waals surface area contributed by atoms with Crippen LogP contribution in [-0.4, -0.2) is 26.7 Å². The molecule has 26 heavy (non-hydrogen) atoms. The van der Waals surface area contributed by atoms with Gasteiger partial charge in [0.2, 0.25) is 0 Å². The number of carbonyl (C=O) groups is 1. The van der Waals surface area contributed by atoms with Gasteiger partial charge in [0.1, 0.15) is 5.75 Å². The van der Waals surface area contributed by atoms with Gasteiger partial charge in [0.15, 0.2) is 18.1 Å². The van der Waals surface area contributed by atoms with Gasteiger partial charge in [-0.2, -0.15) is 5.26 Å². The minimum atomic E-state index is -0.228. The third kappa shape index (κ3) is 5.15. The first-order chi connectivity index (χ1) is 12.6. The van der Waals surface area contributed by atoms with Crippen molar-refractivity contribution >= 4 is 5.91 Å². The van der Waals surface area contributed by atoms with E-state index in [0.29, 0.717) is 23.7 Å². The summed E-state index contributed by atoms with van der Waals surface area (Å²) in [4.78, 5) is 12.1. The van der Waals surface area contributed by atoms with Crippen molar-refractivity contribution in [3.05, 3.63) is 53.6 Å². The molecule has 0 fully saturated rings. The van der Waals surface area contributed by atoms with Gasteiger partial charge in [0.25, 0.3) is 5.91 Å². The second-order valence-corrected chi connectivity index (χ2v) is 5.67. The molecule has 2 rings (SSSR count). The van der Waals surface area contributed by atoms with Gasteiger partial charge in [-0.3, -0.25) is 4.79 Å². The van der Waals surface area contributed by atoms with E-state index in [4.69, 9.17) is 19.5 Å². The summed E-state index contributed by atoms with van der Waals surface area (Å²) in [7, 11) is 3.15. The molecule has 0 saturated carbocycles. The summed E-state index contributed by atoms with van der Waals surface area (Å²) < 4.78 is 16.0. The number of amides is 1. The van der Waals surface area contributed by atoms with Crippen molar-refractivity contribution in [1.29, 1.82) is 5.26 Å². The highest BCUT2D eigenvalue weighted by molar-refractivity contribution is 5.78. The number of nitrogens with zero attached hydrogens (tertiary/aromatic N) is 1. The summed E-state index contributed by atoms with van der Waals surface area (Å²) in [5.74, 6) is 1.60. The summed E-state index contributed by atoms with van der Waals surface area (Å²) in [6.07, 6.45) is 0.351. The molecule has 0 aliphatic heterocycles. The fourth-order valence-corrected chi connectivity index (χ4v) is 2.43. The SMILES string of the molecule is COc1ccc(C(C)NC(=O)COc2ccc(CC#N)cc2)cc1OC. The van der Waals surface area contributed by atoms with Crippen LogP contribution in [0, 0.1) is 11.3 Å². The zero-order valence-electron chi connectivity index (χ0n) is 15.1. The average molecular weight is 354 g/mol. The number of nitriles is 1. The topological polar surface area (TPSA) is 80.6 Å². The highest BCUT2D eigenvalue weighted by Gasteiger charge is 2.13. The molecule has 0 spiro atoms. The van der Waals surface area contributed by atoms with Crippen LogP contribution >= 0.6 is 0 Å². The van der Waals surface area contributed by atoms with Crippen molar-refractivity contribution in [1.82, 2.24) is 5.32 Å². The third-order valence-corrected chi connectivity index (χ3v) is 3.86. The van der Waals surface area contributed by atoms with E-state index in [1.54, 1.807) is 32.4 Å². The molecule has 6 heteroatoms. The molecule has 1 unspecified atom stereocenters. The van der Waals surface area contributed by atoms with E-state index in [-0.39, 0.29) is 18.6 Å². The Balaban J connectivity index is 1.89. The zero-order valence-corrected chi connectivity index (χ0v) is 15.1. The minimum Gasteiger partial charge on any atom is -0.493 e. The van der Waals surface area contributed by atoms with E-state index in [9.17, 15) is 4.79 Å². The van der Waals surface area contributed by atoms with Crippen molar-refractivity contribution in [3.8, 4) is 23.3 Å². The third-order valence-electron chi connectivity index (χ3n) is 3.86. The lowest BCUT2D eigenvalue weighted by Gasteiger charge is -2.17. The van der Waals surface area contributed by atoms with Gasteiger partial charge in [-0.05, 0) is 42.3 Å². The number of nitrogens with one attached hydrogen (secondary N) is 1. The first kappa shape index (κ1) is 19.1. The maximum Gasteiger partial charge on any atom is 0.258 e. The van der Waals surface area contributed by atoms with E-state index < -0.39 is 0 Å². The van der Waals surface area contributed by atoms with Crippen molar-refractivity contribution in [2.75, 3.05) is 20.8 Å². The van der Waals surface area contributed by atoms with Crippen LogP contribution in [0.2, 0.25) is 0 Å². The van der Waals surface area contributed by atoms with Gasteiger partial charge in [-0.1, -0.05) is 18.2 Å². The normalized spacial score (nSPS) is 11.2. The lowest BCUT2D eigenvalue weighted by Crippen LogP contribution is -2.31. The predicted octanol–water partition coefficient (Wildman–Crippen LogP) is 3.03. The summed E-state index contributed by atoms with van der Waals surface area (Å²) in [6.45, 7) is 1.80. The van der Waals surface area contributed by atoms with E-state index in [1.807, 2.05) is 31.2 Å². The van der Waals surface area contributed by atoms with E-state index >= 15 is 0 Å². The van der Waals surface area contributed by atoms with Crippen molar-refractivity contribution in [2.45, 2.75) is 19.4 Å². The molecule has 0 aliphatic carbocycles. The van der Waals surface area contributed by atoms with Crippen LogP contribution < -0.4 is 19.5 Å². The van der Waals surface area contributed by atoms with Crippen molar-refractivity contribution < 1.29 is 19.0 Å². The standard InChI is InChI=1S/C20H22N2O4/c1-14(16-6-9-18(24-2)19(12-16)25-3)22-20(23)13-26-17-7-4-15(5-8-17)10-11-21/h4-9,12,14H,10,13H2,1-3H3,(H,22,23). The molecular weight excluding hydrogens is 332 g/mol. The van der Waals surface area contributed by atoms with E-state index in [0.717, 1.165) is 11.1 Å². The van der Waals surface area contributed by atoms with Crippen molar-refractivity contribution in [2.24, 2.45) is 0 Å². The molecule has 0 saturated heterocycles. The first-order valence-corrected chi connectivity index (χ1v) is 8.17. The maximum atomic E-state index is 12.1. The minimum absolute atomic E-state index is 0.0881. The van der Waals surface area contributed by atoms with Crippen LogP contribution in [-0.2, 0) is 11.2 Å². The maximum absolute atomic E-state index is 12.1. The number of methoxy groups -OCH3 is 2. The molecule has 2 aromatic carbocycles. The number of carbonyl (C=O) groups excluding carboxylic acids is 1. The Morgan fingerprint density at radius 3 is 2.42 bits per heavy atom. The number of ether oxygens (including phenoxy) is 3. The fraction of sp³-hybridized carbons (Fsp3) is 0.300. The molecule has 0 heterocycles. The van der Waals surface area contributed by atoms with Crippen LogP contribution in [0.3, 0.4) is 0 Å². The smallest absolute Gasteiger partial charge is 0.258 e. The molecule has 1 N–H and O–H groups in total. The Labute approximate surface area is 153 Å². The number of benzene rings is 2. The summed E-state index contributed by atoms with van der Waals surface area (Å²) >= 11 is 0. The van der Waals surface area contributed by atoms with Gasteiger partial charge in [-0.25, -0.2) is 0 Å². The van der Waals surface area contributed by atoms with Gasteiger partial charge >= 0.3 is 0 Å². The summed E-state index contributed by atoms with van der Waals surface area (Å²) in [5.41, 5.74) is 1.81. The second kappa shape index (κ2) is 9.33. The molecule has 2 aromatic rings. The van der Waals surface area contributed by atoms with Gasteiger partial charge < -0.3 is 19.5 Å². The lowest BCUT2D eigenvalue weighted by atomic mass is 10.1. The van der Waals surface area contributed by atoms with E-state index in [2.05, 4.69) is 11.4 Å². The Kier molecular flexibility index (Phi) is 6.86. The molecule has 1 amide bonds. The fourth-order valence-electron chi connectivity index (χ4n) is 2.43. The van der Waals surface area contributed by atoms with Crippen LogP contribution in [0.15, 0.2) is 42.5 Å². The Hall–Kier alpha value is -3.20. The van der Waals surface area contributed by atoms with Gasteiger partial charge in [0, 0.05) is 0 Å². The molecule has 0 aliphatic rings. The lowest BCUT2D eigenvalue weighted by molar-refractivity contribution is -0.123. The highest BCUT2D eigenvalue weighted by atomic mass is 16.5. The first-order valence-electron chi connectivity index (χ1n) is 8.17. The van der Waals surface area contributed by atoms with Gasteiger partial charge in [-0.15, -0.1) is 0 Å². The monoisotopic (exact) mass is 354 g/mol. The molecule has 0 bridgehead atoms. The van der Waals surface area contributed by atoms with Crippen LogP contribution in [0.5, 0.6) is 17.2 Å². The largest absolute Gasteiger partial charge is 0.493 e. The zero-order chi connectivity index (χ0) is 18.9. The quantitative estimate of drug-likeness (QED) is 0.788. The molecular formula is C20H22N2O4. The van der Waals surface area contributed by atoms with Crippen LogP contribution in [0.4, 0.5) is 0 Å². The summed E-state index contributed by atoms with van der Waals surface area (Å²) in [5, 5.41) is 11.5. The number of hydrogen-bond acceptors (Lipinski definition) is 5. The predicted molar refractivity (Wildman–Crippen MR) is 97.4 cm³/mol. The molecule has 136 valence electrons. The average Bonchev–Trinajstić information content (AvgIpc) is 2.67. The highest BCUT2D eigenvalue weighted by Crippen LogP contribution is 2.29. The van der Waals surface area contributed by atoms with Crippen LogP contribution in [0.25, 0.3) is 0 Å². The Morgan fingerprint density at radius 2 is 1.81 bits per heavy atom. The second-order valence-electron chi connectivity index (χ2n) is 5.67. The molecule has 0 radical (unpaired) electrons. The number of hydrogen-bond donors (Lipinski definition) is 1. The van der Waals surface area contributed by atoms with E-state index in [1.165, 1.54) is 0 Å². The Bertz CT molecular complexity index is 781. The Morgan fingerprint density at radius 1 is 1.12 bits per heavy atom. The van der Waals surface area contributed by atoms with Crippen LogP contribution in [0.1, 0.15) is 24.1 Å². The van der Waals surface area contributed by atoms with Gasteiger partial charge in [0.05, 0.1) is 32.8 Å². The molecule has 1 atom stereocenters. The van der Waals surface area contributed by atoms with Crippen molar-refractivity contribution in [3.63, 3.8) is 0 Å². The number of rotatable bonds is 8.